The number of primary amides is 1. The zero-order chi connectivity index (χ0) is 14.2. The van der Waals surface area contributed by atoms with Crippen molar-refractivity contribution in [2.45, 2.75) is 39.5 Å². The third-order valence-corrected chi connectivity index (χ3v) is 2.70. The fraction of sp³-hybridized carbons (Fsp3) is 0.583. The highest BCUT2D eigenvalue weighted by atomic mass is 16.6. The number of aromatic nitrogens is 2. The zero-order valence-electron chi connectivity index (χ0n) is 11.3. The zero-order valence-corrected chi connectivity index (χ0v) is 11.3. The van der Waals surface area contributed by atoms with Crippen molar-refractivity contribution < 1.29 is 14.3 Å². The summed E-state index contributed by atoms with van der Waals surface area (Å²) >= 11 is 0. The van der Waals surface area contributed by atoms with Gasteiger partial charge in [0.1, 0.15) is 11.3 Å². The SMILES string of the molecule is CC(C)(C)OC(=O)N1CCn2nc(C(N)=O)cc2C1. The standard InChI is InChI=1S/C12H18N4O3/c1-12(2,3)19-11(18)15-4-5-16-8(7-15)6-9(14-16)10(13)17/h6H,4-5,7H2,1-3H3,(H2,13,17). The second kappa shape index (κ2) is 4.56. The summed E-state index contributed by atoms with van der Waals surface area (Å²) in [5.74, 6) is -0.564. The van der Waals surface area contributed by atoms with E-state index in [2.05, 4.69) is 5.10 Å². The lowest BCUT2D eigenvalue weighted by molar-refractivity contribution is 0.0194. The summed E-state index contributed by atoms with van der Waals surface area (Å²) in [5, 5.41) is 4.08. The van der Waals surface area contributed by atoms with Gasteiger partial charge in [0.25, 0.3) is 5.91 Å². The molecule has 0 fully saturated rings. The molecule has 2 amide bonds. The molecule has 0 atom stereocenters. The number of rotatable bonds is 1. The predicted molar refractivity (Wildman–Crippen MR) is 67.4 cm³/mol. The Morgan fingerprint density at radius 1 is 1.37 bits per heavy atom. The normalized spacial score (nSPS) is 15.0. The summed E-state index contributed by atoms with van der Waals surface area (Å²) < 4.78 is 7.01. The second-order valence-corrected chi connectivity index (χ2v) is 5.51. The Balaban J connectivity index is 2.09. The minimum absolute atomic E-state index is 0.223. The maximum atomic E-state index is 11.9. The molecule has 0 aromatic carbocycles. The molecule has 0 aliphatic carbocycles. The number of ether oxygens (including phenoxy) is 1. The average molecular weight is 266 g/mol. The first-order valence-corrected chi connectivity index (χ1v) is 6.11. The lowest BCUT2D eigenvalue weighted by atomic mass is 10.2. The first kappa shape index (κ1) is 13.4. The van der Waals surface area contributed by atoms with Crippen LogP contribution in [0.3, 0.4) is 0 Å². The molecule has 2 N–H and O–H groups in total. The van der Waals surface area contributed by atoms with E-state index in [1.165, 1.54) is 0 Å². The van der Waals surface area contributed by atoms with Crippen LogP contribution in [0.1, 0.15) is 37.0 Å². The van der Waals surface area contributed by atoms with Crippen LogP contribution in [-0.2, 0) is 17.8 Å². The molecule has 0 bridgehead atoms. The summed E-state index contributed by atoms with van der Waals surface area (Å²) in [6, 6.07) is 1.61. The summed E-state index contributed by atoms with van der Waals surface area (Å²) in [4.78, 5) is 24.6. The van der Waals surface area contributed by atoms with Gasteiger partial charge < -0.3 is 15.4 Å². The molecule has 0 saturated carbocycles. The number of amides is 2. The molecule has 7 nitrogen and oxygen atoms in total. The van der Waals surface area contributed by atoms with E-state index in [0.717, 1.165) is 5.69 Å². The minimum Gasteiger partial charge on any atom is -0.444 e. The molecule has 1 aliphatic rings. The van der Waals surface area contributed by atoms with E-state index in [4.69, 9.17) is 10.5 Å². The van der Waals surface area contributed by atoms with Crippen molar-refractivity contribution in [2.75, 3.05) is 6.54 Å². The number of carbonyl (C=O) groups excluding carboxylic acids is 2. The Kier molecular flexibility index (Phi) is 3.21. The van der Waals surface area contributed by atoms with Crippen molar-refractivity contribution in [1.29, 1.82) is 0 Å². The quantitative estimate of drug-likeness (QED) is 0.811. The van der Waals surface area contributed by atoms with Crippen LogP contribution in [0.2, 0.25) is 0 Å². The summed E-state index contributed by atoms with van der Waals surface area (Å²) in [7, 11) is 0. The van der Waals surface area contributed by atoms with E-state index in [0.29, 0.717) is 19.6 Å². The van der Waals surface area contributed by atoms with Crippen molar-refractivity contribution in [1.82, 2.24) is 14.7 Å². The molecule has 19 heavy (non-hydrogen) atoms. The first-order chi connectivity index (χ1) is 8.76. The predicted octanol–water partition coefficient (Wildman–Crippen LogP) is 0.733. The van der Waals surface area contributed by atoms with E-state index in [9.17, 15) is 9.59 Å². The molecule has 0 radical (unpaired) electrons. The van der Waals surface area contributed by atoms with E-state index < -0.39 is 11.5 Å². The Morgan fingerprint density at radius 3 is 2.63 bits per heavy atom. The van der Waals surface area contributed by atoms with Gasteiger partial charge >= 0.3 is 6.09 Å². The van der Waals surface area contributed by atoms with E-state index >= 15 is 0 Å². The summed E-state index contributed by atoms with van der Waals surface area (Å²) in [6.45, 7) is 6.87. The van der Waals surface area contributed by atoms with Crippen LogP contribution in [0.4, 0.5) is 4.79 Å². The highest BCUT2D eigenvalue weighted by Gasteiger charge is 2.27. The van der Waals surface area contributed by atoms with Gasteiger partial charge in [0.2, 0.25) is 0 Å². The fourth-order valence-corrected chi connectivity index (χ4v) is 1.87. The fourth-order valence-electron chi connectivity index (χ4n) is 1.87. The van der Waals surface area contributed by atoms with Gasteiger partial charge in [-0.05, 0) is 26.8 Å². The monoisotopic (exact) mass is 266 g/mol. The van der Waals surface area contributed by atoms with Gasteiger partial charge in [-0.15, -0.1) is 0 Å². The van der Waals surface area contributed by atoms with Crippen molar-refractivity contribution in [3.63, 3.8) is 0 Å². The molecule has 1 aromatic heterocycles. The summed E-state index contributed by atoms with van der Waals surface area (Å²) in [5.41, 5.74) is 5.67. The number of hydrogen-bond acceptors (Lipinski definition) is 4. The second-order valence-electron chi connectivity index (χ2n) is 5.51. The van der Waals surface area contributed by atoms with Gasteiger partial charge in [-0.2, -0.15) is 5.10 Å². The van der Waals surface area contributed by atoms with E-state index in [1.54, 1.807) is 15.6 Å². The third kappa shape index (κ3) is 3.04. The third-order valence-electron chi connectivity index (χ3n) is 2.70. The average Bonchev–Trinajstić information content (AvgIpc) is 2.69. The molecule has 2 heterocycles. The van der Waals surface area contributed by atoms with Gasteiger partial charge in [-0.3, -0.25) is 9.48 Å². The molecule has 1 aromatic rings. The van der Waals surface area contributed by atoms with Crippen LogP contribution < -0.4 is 5.73 Å². The smallest absolute Gasteiger partial charge is 0.410 e. The Bertz CT molecular complexity index is 516. The van der Waals surface area contributed by atoms with Crippen LogP contribution in [0.15, 0.2) is 6.07 Å². The van der Waals surface area contributed by atoms with Crippen molar-refractivity contribution in [2.24, 2.45) is 5.73 Å². The highest BCUT2D eigenvalue weighted by molar-refractivity contribution is 5.90. The van der Waals surface area contributed by atoms with E-state index in [1.807, 2.05) is 20.8 Å². The molecule has 1 aliphatic heterocycles. The van der Waals surface area contributed by atoms with Crippen LogP contribution in [0, 0.1) is 0 Å². The number of hydrogen-bond donors (Lipinski definition) is 1. The summed E-state index contributed by atoms with van der Waals surface area (Å²) in [6.07, 6.45) is -0.361. The van der Waals surface area contributed by atoms with Gasteiger partial charge in [-0.25, -0.2) is 4.79 Å². The molecule has 0 saturated heterocycles. The van der Waals surface area contributed by atoms with Crippen LogP contribution >= 0.6 is 0 Å². The van der Waals surface area contributed by atoms with Gasteiger partial charge in [0.15, 0.2) is 0 Å². The molecule has 2 rings (SSSR count). The minimum atomic E-state index is -0.564. The number of nitrogens with two attached hydrogens (primary N) is 1. The number of fused-ring (bicyclic) bond motifs is 1. The van der Waals surface area contributed by atoms with Crippen LogP contribution in [0.25, 0.3) is 0 Å². The highest BCUT2D eigenvalue weighted by Crippen LogP contribution is 2.17. The van der Waals surface area contributed by atoms with Crippen LogP contribution in [-0.4, -0.2) is 38.8 Å². The van der Waals surface area contributed by atoms with Crippen molar-refractivity contribution in [3.8, 4) is 0 Å². The Morgan fingerprint density at radius 2 is 2.05 bits per heavy atom. The molecule has 0 spiro atoms. The molecule has 7 heteroatoms. The largest absolute Gasteiger partial charge is 0.444 e. The molecule has 0 unspecified atom stereocenters. The van der Waals surface area contributed by atoms with Crippen molar-refractivity contribution >= 4 is 12.0 Å². The lowest BCUT2D eigenvalue weighted by Crippen LogP contribution is -2.41. The maximum Gasteiger partial charge on any atom is 0.410 e. The lowest BCUT2D eigenvalue weighted by Gasteiger charge is -2.30. The van der Waals surface area contributed by atoms with Crippen molar-refractivity contribution in [3.05, 3.63) is 17.5 Å². The molecular formula is C12H18N4O3. The number of nitrogens with zero attached hydrogens (tertiary/aromatic N) is 3. The maximum absolute atomic E-state index is 11.9. The van der Waals surface area contributed by atoms with Gasteiger partial charge in [-0.1, -0.05) is 0 Å². The van der Waals surface area contributed by atoms with E-state index in [-0.39, 0.29) is 11.8 Å². The first-order valence-electron chi connectivity index (χ1n) is 6.11. The van der Waals surface area contributed by atoms with Gasteiger partial charge in [0, 0.05) is 6.54 Å². The van der Waals surface area contributed by atoms with Gasteiger partial charge in [0.05, 0.1) is 18.8 Å². The number of carbonyl (C=O) groups is 2. The molecular weight excluding hydrogens is 248 g/mol. The van der Waals surface area contributed by atoms with Crippen LogP contribution in [0.5, 0.6) is 0 Å². The Labute approximate surface area is 111 Å². The topological polar surface area (TPSA) is 90.4 Å². The Hall–Kier alpha value is -2.05. The molecule has 104 valence electrons.